The average Bonchev–Trinajstić information content (AvgIpc) is 2.96. The number of amides is 2. The number of urea groups is 1. The average molecular weight is 343 g/mol. The van der Waals surface area contributed by atoms with Crippen LogP contribution in [0.3, 0.4) is 0 Å². The van der Waals surface area contributed by atoms with Crippen molar-refractivity contribution in [1.82, 2.24) is 15.0 Å². The number of halogens is 2. The molecule has 0 aliphatic heterocycles. The summed E-state index contributed by atoms with van der Waals surface area (Å²) < 4.78 is 23.2. The number of nitrogens with one attached hydrogen (secondary N) is 1. The lowest BCUT2D eigenvalue weighted by Crippen LogP contribution is -2.31. The van der Waals surface area contributed by atoms with Crippen LogP contribution in [0, 0.1) is 5.82 Å². The van der Waals surface area contributed by atoms with Crippen LogP contribution in [0.4, 0.5) is 14.9 Å². The summed E-state index contributed by atoms with van der Waals surface area (Å²) in [7, 11) is 3.12. The topological polar surface area (TPSA) is 80.5 Å². The number of ether oxygens (including phenoxy) is 1. The molecule has 0 spiro atoms. The third kappa shape index (κ3) is 4.90. The lowest BCUT2D eigenvalue weighted by atomic mass is 10.3. The molecule has 124 valence electrons. The molecule has 7 nitrogen and oxygen atoms in total. The minimum atomic E-state index is -0.493. The highest BCUT2D eigenvalue weighted by Crippen LogP contribution is 2.22. The van der Waals surface area contributed by atoms with Crippen LogP contribution in [-0.2, 0) is 17.7 Å². The SMILES string of the molecule is COCCc1noc(CN(C)C(=O)Nc2cc(F)ccc2Cl)n1. The first-order valence-corrected chi connectivity index (χ1v) is 7.15. The zero-order valence-corrected chi connectivity index (χ0v) is 13.4. The molecule has 2 aromatic rings. The molecule has 1 aromatic carbocycles. The van der Waals surface area contributed by atoms with Gasteiger partial charge in [-0.15, -0.1) is 0 Å². The van der Waals surface area contributed by atoms with E-state index in [1.165, 1.54) is 17.0 Å². The molecule has 0 atom stereocenters. The van der Waals surface area contributed by atoms with Gasteiger partial charge in [0.05, 0.1) is 17.3 Å². The highest BCUT2D eigenvalue weighted by Gasteiger charge is 2.15. The first-order valence-electron chi connectivity index (χ1n) is 6.77. The first kappa shape index (κ1) is 17.2. The standard InChI is InChI=1S/C14H16ClFN4O3/c1-20(8-13-18-12(19-23-13)5-6-22-2)14(21)17-11-7-9(16)3-4-10(11)15/h3-4,7H,5-6,8H2,1-2H3,(H,17,21). The van der Waals surface area contributed by atoms with E-state index in [0.717, 1.165) is 6.07 Å². The van der Waals surface area contributed by atoms with Gasteiger partial charge in [-0.25, -0.2) is 9.18 Å². The monoisotopic (exact) mass is 342 g/mol. The molecule has 0 saturated carbocycles. The summed E-state index contributed by atoms with van der Waals surface area (Å²) in [5, 5.41) is 6.54. The van der Waals surface area contributed by atoms with Crippen LogP contribution in [0.25, 0.3) is 0 Å². The number of hydrogen-bond donors (Lipinski definition) is 1. The quantitative estimate of drug-likeness (QED) is 0.873. The summed E-state index contributed by atoms with van der Waals surface area (Å²) in [6.45, 7) is 0.589. The Balaban J connectivity index is 1.94. The van der Waals surface area contributed by atoms with Crippen molar-refractivity contribution in [3.8, 4) is 0 Å². The van der Waals surface area contributed by atoms with Gasteiger partial charge in [-0.05, 0) is 18.2 Å². The normalized spacial score (nSPS) is 10.6. The number of methoxy groups -OCH3 is 1. The Kier molecular flexibility index (Phi) is 5.89. The number of anilines is 1. The van der Waals surface area contributed by atoms with E-state index in [9.17, 15) is 9.18 Å². The molecule has 2 rings (SSSR count). The van der Waals surface area contributed by atoms with Crippen LogP contribution in [0.15, 0.2) is 22.7 Å². The second-order valence-corrected chi connectivity index (χ2v) is 5.16. The fourth-order valence-corrected chi connectivity index (χ4v) is 1.89. The van der Waals surface area contributed by atoms with Gasteiger partial charge in [0.2, 0.25) is 5.89 Å². The maximum absolute atomic E-state index is 13.2. The molecule has 0 bridgehead atoms. The Morgan fingerprint density at radius 2 is 2.30 bits per heavy atom. The Labute approximate surface area is 137 Å². The van der Waals surface area contributed by atoms with Gasteiger partial charge in [-0.2, -0.15) is 4.98 Å². The van der Waals surface area contributed by atoms with Gasteiger partial charge in [-0.1, -0.05) is 16.8 Å². The van der Waals surface area contributed by atoms with Gasteiger partial charge in [0.1, 0.15) is 12.4 Å². The van der Waals surface area contributed by atoms with Gasteiger partial charge in [0.15, 0.2) is 5.82 Å². The number of aromatic nitrogens is 2. The van der Waals surface area contributed by atoms with Gasteiger partial charge in [-0.3, -0.25) is 0 Å². The molecule has 0 aliphatic rings. The first-order chi connectivity index (χ1) is 11.0. The van der Waals surface area contributed by atoms with E-state index < -0.39 is 11.8 Å². The summed E-state index contributed by atoms with van der Waals surface area (Å²) in [6.07, 6.45) is 0.523. The predicted octanol–water partition coefficient (Wildman–Crippen LogP) is 2.71. The van der Waals surface area contributed by atoms with E-state index >= 15 is 0 Å². The smallest absolute Gasteiger partial charge is 0.322 e. The van der Waals surface area contributed by atoms with E-state index in [1.54, 1.807) is 14.2 Å². The van der Waals surface area contributed by atoms with Crippen molar-refractivity contribution in [3.63, 3.8) is 0 Å². The summed E-state index contributed by atoms with van der Waals surface area (Å²) in [5.41, 5.74) is 0.190. The highest BCUT2D eigenvalue weighted by molar-refractivity contribution is 6.33. The molecule has 0 fully saturated rings. The van der Waals surface area contributed by atoms with E-state index in [2.05, 4.69) is 15.5 Å². The van der Waals surface area contributed by atoms with Crippen molar-refractivity contribution in [2.45, 2.75) is 13.0 Å². The van der Waals surface area contributed by atoms with Crippen molar-refractivity contribution < 1.29 is 18.4 Å². The van der Waals surface area contributed by atoms with Crippen LogP contribution in [-0.4, -0.2) is 41.8 Å². The Bertz CT molecular complexity index is 680. The zero-order chi connectivity index (χ0) is 16.8. The lowest BCUT2D eigenvalue weighted by molar-refractivity contribution is 0.199. The number of carbonyl (C=O) groups is 1. The second kappa shape index (κ2) is 7.89. The molecule has 0 saturated heterocycles. The zero-order valence-electron chi connectivity index (χ0n) is 12.7. The van der Waals surface area contributed by atoms with Gasteiger partial charge in [0, 0.05) is 20.6 Å². The Morgan fingerprint density at radius 3 is 3.04 bits per heavy atom. The van der Waals surface area contributed by atoms with Crippen LogP contribution in [0.2, 0.25) is 5.02 Å². The minimum Gasteiger partial charge on any atom is -0.384 e. The number of hydrogen-bond acceptors (Lipinski definition) is 5. The van der Waals surface area contributed by atoms with Gasteiger partial charge >= 0.3 is 6.03 Å². The van der Waals surface area contributed by atoms with Crippen LogP contribution < -0.4 is 5.32 Å². The molecule has 9 heteroatoms. The van der Waals surface area contributed by atoms with Crippen molar-refractivity contribution in [3.05, 3.63) is 40.8 Å². The molecular weight excluding hydrogens is 327 g/mol. The molecule has 23 heavy (non-hydrogen) atoms. The van der Waals surface area contributed by atoms with E-state index in [4.69, 9.17) is 20.9 Å². The predicted molar refractivity (Wildman–Crippen MR) is 81.8 cm³/mol. The Hall–Kier alpha value is -2.19. The van der Waals surface area contributed by atoms with E-state index in [0.29, 0.717) is 24.7 Å². The molecule has 1 heterocycles. The third-order valence-corrected chi connectivity index (χ3v) is 3.26. The van der Waals surface area contributed by atoms with Crippen LogP contribution in [0.5, 0.6) is 0 Å². The van der Waals surface area contributed by atoms with Crippen molar-refractivity contribution >= 4 is 23.3 Å². The van der Waals surface area contributed by atoms with E-state index in [1.807, 2.05) is 0 Å². The van der Waals surface area contributed by atoms with Crippen LogP contribution in [0.1, 0.15) is 11.7 Å². The molecule has 2 amide bonds. The summed E-state index contributed by atoms with van der Waals surface area (Å²) >= 11 is 5.90. The maximum Gasteiger partial charge on any atom is 0.322 e. The number of rotatable bonds is 6. The second-order valence-electron chi connectivity index (χ2n) is 4.76. The maximum atomic E-state index is 13.2. The molecule has 0 radical (unpaired) electrons. The number of nitrogens with zero attached hydrogens (tertiary/aromatic N) is 3. The third-order valence-electron chi connectivity index (χ3n) is 2.93. The number of benzene rings is 1. The minimum absolute atomic E-state index is 0.110. The van der Waals surface area contributed by atoms with E-state index in [-0.39, 0.29) is 17.3 Å². The van der Waals surface area contributed by atoms with Crippen molar-refractivity contribution in [2.24, 2.45) is 0 Å². The van der Waals surface area contributed by atoms with Crippen molar-refractivity contribution in [1.29, 1.82) is 0 Å². The lowest BCUT2D eigenvalue weighted by Gasteiger charge is -2.16. The molecular formula is C14H16ClFN4O3. The largest absolute Gasteiger partial charge is 0.384 e. The molecule has 1 aromatic heterocycles. The summed E-state index contributed by atoms with van der Waals surface area (Å²) in [4.78, 5) is 17.5. The fourth-order valence-electron chi connectivity index (χ4n) is 1.73. The van der Waals surface area contributed by atoms with Gasteiger partial charge in [0.25, 0.3) is 0 Å². The molecule has 0 unspecified atom stereocenters. The van der Waals surface area contributed by atoms with Crippen molar-refractivity contribution in [2.75, 3.05) is 26.1 Å². The number of carbonyl (C=O) groups excluding carboxylic acids is 1. The molecule has 1 N–H and O–H groups in total. The van der Waals surface area contributed by atoms with Gasteiger partial charge < -0.3 is 19.5 Å². The Morgan fingerprint density at radius 1 is 1.52 bits per heavy atom. The summed E-state index contributed by atoms with van der Waals surface area (Å²) in [6, 6.07) is 3.24. The molecule has 0 aliphatic carbocycles. The highest BCUT2D eigenvalue weighted by atomic mass is 35.5. The van der Waals surface area contributed by atoms with Crippen LogP contribution >= 0.6 is 11.6 Å². The summed E-state index contributed by atoms with van der Waals surface area (Å²) in [5.74, 6) is 0.301. The fraction of sp³-hybridized carbons (Fsp3) is 0.357.